The van der Waals surface area contributed by atoms with E-state index in [0.29, 0.717) is 12.3 Å². The predicted octanol–water partition coefficient (Wildman–Crippen LogP) is 3.74. The minimum absolute atomic E-state index is 0.380. The molecule has 1 saturated carbocycles. The van der Waals surface area contributed by atoms with E-state index in [1.54, 1.807) is 0 Å². The fourth-order valence-corrected chi connectivity index (χ4v) is 2.92. The van der Waals surface area contributed by atoms with E-state index >= 15 is 0 Å². The van der Waals surface area contributed by atoms with E-state index in [1.165, 1.54) is 5.56 Å². The molecule has 1 N–H and O–H groups in total. The summed E-state index contributed by atoms with van der Waals surface area (Å²) in [5.41, 5.74) is 1.70. The average Bonchev–Trinajstić information content (AvgIpc) is 2.52. The molecule has 0 heterocycles. The van der Waals surface area contributed by atoms with Crippen molar-refractivity contribution < 1.29 is 5.11 Å². The lowest BCUT2D eigenvalue weighted by molar-refractivity contribution is 0.00961. The third-order valence-corrected chi connectivity index (χ3v) is 4.22. The molecule has 1 aromatic rings. The standard InChI is InChI=1S/C14H19ClO/c1-10-5-6-12(13(15)8-10)9-14(16)7-3-4-11(14)2/h5-6,8,11,16H,3-4,7,9H2,1-2H3. The van der Waals surface area contributed by atoms with Gasteiger partial charge in [-0.1, -0.05) is 37.1 Å². The van der Waals surface area contributed by atoms with Crippen LogP contribution in [0.4, 0.5) is 0 Å². The van der Waals surface area contributed by atoms with Gasteiger partial charge in [0.05, 0.1) is 5.60 Å². The Kier molecular flexibility index (Phi) is 3.27. The van der Waals surface area contributed by atoms with E-state index in [9.17, 15) is 5.11 Å². The maximum atomic E-state index is 10.5. The zero-order valence-electron chi connectivity index (χ0n) is 9.96. The van der Waals surface area contributed by atoms with E-state index in [0.717, 1.165) is 29.8 Å². The summed E-state index contributed by atoms with van der Waals surface area (Å²) in [5.74, 6) is 0.380. The molecule has 1 nitrogen and oxygen atoms in total. The molecular formula is C14H19ClO. The Morgan fingerprint density at radius 1 is 1.50 bits per heavy atom. The highest BCUT2D eigenvalue weighted by Gasteiger charge is 2.38. The molecule has 0 spiro atoms. The molecule has 88 valence electrons. The van der Waals surface area contributed by atoms with Crippen molar-refractivity contribution in [3.05, 3.63) is 34.3 Å². The third kappa shape index (κ3) is 2.26. The second-order valence-electron chi connectivity index (χ2n) is 5.17. The lowest BCUT2D eigenvalue weighted by Crippen LogP contribution is -2.34. The summed E-state index contributed by atoms with van der Waals surface area (Å²) in [6.45, 7) is 4.16. The van der Waals surface area contributed by atoms with Gasteiger partial charge in [-0.2, -0.15) is 0 Å². The van der Waals surface area contributed by atoms with Crippen molar-refractivity contribution in [1.82, 2.24) is 0 Å². The number of halogens is 1. The summed E-state index contributed by atoms with van der Waals surface area (Å²) < 4.78 is 0. The van der Waals surface area contributed by atoms with Gasteiger partial charge in [0.1, 0.15) is 0 Å². The molecule has 0 aliphatic heterocycles. The molecule has 2 heteroatoms. The van der Waals surface area contributed by atoms with Crippen LogP contribution in [0.1, 0.15) is 37.3 Å². The summed E-state index contributed by atoms with van der Waals surface area (Å²) in [7, 11) is 0. The maximum Gasteiger partial charge on any atom is 0.0713 e. The Morgan fingerprint density at radius 2 is 2.25 bits per heavy atom. The van der Waals surface area contributed by atoms with Crippen LogP contribution in [0.3, 0.4) is 0 Å². The Hall–Kier alpha value is -0.530. The first-order chi connectivity index (χ1) is 7.51. The van der Waals surface area contributed by atoms with Crippen molar-refractivity contribution in [2.24, 2.45) is 5.92 Å². The van der Waals surface area contributed by atoms with E-state index in [1.807, 2.05) is 19.1 Å². The van der Waals surface area contributed by atoms with Crippen molar-refractivity contribution >= 4 is 11.6 Å². The van der Waals surface area contributed by atoms with Crippen LogP contribution in [0.2, 0.25) is 5.02 Å². The third-order valence-electron chi connectivity index (χ3n) is 3.87. The van der Waals surface area contributed by atoms with E-state index in [-0.39, 0.29) is 0 Å². The zero-order valence-corrected chi connectivity index (χ0v) is 10.7. The highest BCUT2D eigenvalue weighted by atomic mass is 35.5. The predicted molar refractivity (Wildman–Crippen MR) is 67.9 cm³/mol. The Bertz CT molecular complexity index is 388. The molecule has 0 aromatic heterocycles. The molecule has 2 rings (SSSR count). The highest BCUT2D eigenvalue weighted by Crippen LogP contribution is 2.38. The van der Waals surface area contributed by atoms with E-state index in [2.05, 4.69) is 13.0 Å². The van der Waals surface area contributed by atoms with Crippen molar-refractivity contribution in [1.29, 1.82) is 0 Å². The van der Waals surface area contributed by atoms with Gasteiger partial charge >= 0.3 is 0 Å². The van der Waals surface area contributed by atoms with Crippen molar-refractivity contribution in [2.45, 2.75) is 45.1 Å². The van der Waals surface area contributed by atoms with Crippen LogP contribution in [0.5, 0.6) is 0 Å². The summed E-state index contributed by atoms with van der Waals surface area (Å²) in [5, 5.41) is 11.3. The molecule has 1 aliphatic rings. The SMILES string of the molecule is Cc1ccc(CC2(O)CCCC2C)c(Cl)c1. The molecule has 2 unspecified atom stereocenters. The van der Waals surface area contributed by atoms with Crippen LogP contribution in [0, 0.1) is 12.8 Å². The molecule has 0 saturated heterocycles. The van der Waals surface area contributed by atoms with Crippen molar-refractivity contribution in [3.8, 4) is 0 Å². The van der Waals surface area contributed by atoms with Crippen LogP contribution in [-0.4, -0.2) is 10.7 Å². The Labute approximate surface area is 102 Å². The summed E-state index contributed by atoms with van der Waals surface area (Å²) in [6.07, 6.45) is 3.84. The number of hydrogen-bond donors (Lipinski definition) is 1. The molecule has 16 heavy (non-hydrogen) atoms. The van der Waals surface area contributed by atoms with Gasteiger partial charge in [-0.3, -0.25) is 0 Å². The first-order valence-electron chi connectivity index (χ1n) is 5.99. The lowest BCUT2D eigenvalue weighted by atomic mass is 9.86. The first-order valence-corrected chi connectivity index (χ1v) is 6.36. The molecule has 1 fully saturated rings. The molecule has 0 amide bonds. The molecule has 0 radical (unpaired) electrons. The lowest BCUT2D eigenvalue weighted by Gasteiger charge is -2.28. The quantitative estimate of drug-likeness (QED) is 0.832. The molecular weight excluding hydrogens is 220 g/mol. The average molecular weight is 239 g/mol. The summed E-state index contributed by atoms with van der Waals surface area (Å²) in [4.78, 5) is 0. The van der Waals surface area contributed by atoms with E-state index < -0.39 is 5.60 Å². The second kappa shape index (κ2) is 4.38. The Morgan fingerprint density at radius 3 is 2.81 bits per heavy atom. The normalized spacial score (nSPS) is 29.6. The fraction of sp³-hybridized carbons (Fsp3) is 0.571. The topological polar surface area (TPSA) is 20.2 Å². The number of rotatable bonds is 2. The number of hydrogen-bond acceptors (Lipinski definition) is 1. The number of aliphatic hydroxyl groups is 1. The van der Waals surface area contributed by atoms with Crippen LogP contribution >= 0.6 is 11.6 Å². The molecule has 2 atom stereocenters. The first kappa shape index (κ1) is 11.9. The van der Waals surface area contributed by atoms with Gasteiger partial charge < -0.3 is 5.11 Å². The van der Waals surface area contributed by atoms with Gasteiger partial charge in [-0.15, -0.1) is 0 Å². The minimum Gasteiger partial charge on any atom is -0.389 e. The van der Waals surface area contributed by atoms with Crippen LogP contribution < -0.4 is 0 Å². The van der Waals surface area contributed by atoms with Gasteiger partial charge in [0.15, 0.2) is 0 Å². The summed E-state index contributed by atoms with van der Waals surface area (Å²) >= 11 is 6.21. The van der Waals surface area contributed by atoms with Crippen LogP contribution in [0.15, 0.2) is 18.2 Å². The summed E-state index contributed by atoms with van der Waals surface area (Å²) in [6, 6.07) is 6.07. The molecule has 1 aromatic carbocycles. The fourth-order valence-electron chi connectivity index (χ4n) is 2.62. The number of aryl methyl sites for hydroxylation is 1. The maximum absolute atomic E-state index is 10.5. The van der Waals surface area contributed by atoms with Gasteiger partial charge in [0.25, 0.3) is 0 Å². The Balaban J connectivity index is 2.20. The van der Waals surface area contributed by atoms with Crippen molar-refractivity contribution in [3.63, 3.8) is 0 Å². The van der Waals surface area contributed by atoms with Gasteiger partial charge in [-0.05, 0) is 42.9 Å². The smallest absolute Gasteiger partial charge is 0.0713 e. The van der Waals surface area contributed by atoms with Crippen molar-refractivity contribution in [2.75, 3.05) is 0 Å². The highest BCUT2D eigenvalue weighted by molar-refractivity contribution is 6.31. The van der Waals surface area contributed by atoms with Crippen LogP contribution in [-0.2, 0) is 6.42 Å². The van der Waals surface area contributed by atoms with Gasteiger partial charge in [0.2, 0.25) is 0 Å². The molecule has 0 bridgehead atoms. The zero-order chi connectivity index (χ0) is 11.8. The largest absolute Gasteiger partial charge is 0.389 e. The monoisotopic (exact) mass is 238 g/mol. The molecule has 1 aliphatic carbocycles. The number of benzene rings is 1. The minimum atomic E-state index is -0.543. The second-order valence-corrected chi connectivity index (χ2v) is 5.58. The van der Waals surface area contributed by atoms with Crippen LogP contribution in [0.25, 0.3) is 0 Å². The van der Waals surface area contributed by atoms with E-state index in [4.69, 9.17) is 11.6 Å². The van der Waals surface area contributed by atoms with Gasteiger partial charge in [-0.25, -0.2) is 0 Å². The van der Waals surface area contributed by atoms with Gasteiger partial charge in [0, 0.05) is 11.4 Å².